The van der Waals surface area contributed by atoms with Crippen molar-refractivity contribution in [1.82, 2.24) is 0 Å². The van der Waals surface area contributed by atoms with Gasteiger partial charge in [-0.2, -0.15) is 0 Å². The summed E-state index contributed by atoms with van der Waals surface area (Å²) in [5, 5.41) is 10.2. The normalized spacial score (nSPS) is 10.0. The Labute approximate surface area is 195 Å². The fourth-order valence-corrected chi connectivity index (χ4v) is 2.46. The van der Waals surface area contributed by atoms with E-state index in [-0.39, 0.29) is 63.8 Å². The van der Waals surface area contributed by atoms with Gasteiger partial charge in [0.1, 0.15) is 5.82 Å². The van der Waals surface area contributed by atoms with E-state index in [9.17, 15) is 9.50 Å². The first kappa shape index (κ1) is 25.3. The topological polar surface area (TPSA) is 32.3 Å². The van der Waals surface area contributed by atoms with Crippen LogP contribution in [0.3, 0.4) is 0 Å². The Hall–Kier alpha value is 0.266. The summed E-state index contributed by atoms with van der Waals surface area (Å²) in [6, 6.07) is 6.66. The van der Waals surface area contributed by atoms with E-state index in [2.05, 4.69) is 11.8 Å². The molecule has 0 aliphatic rings. The van der Waals surface area contributed by atoms with Gasteiger partial charge in [0, 0.05) is 19.6 Å². The Balaban J connectivity index is 0.00000576. The van der Waals surface area contributed by atoms with E-state index in [1.807, 2.05) is 6.07 Å². The van der Waals surface area contributed by atoms with Crippen LogP contribution in [0.15, 0.2) is 24.3 Å². The molecule has 2 nitrogen and oxygen atoms in total. The Morgan fingerprint density at radius 2 is 1.44 bits per heavy atom. The van der Waals surface area contributed by atoms with Gasteiger partial charge in [0.2, 0.25) is 0 Å². The van der Waals surface area contributed by atoms with Crippen molar-refractivity contribution in [2.75, 3.05) is 19.8 Å². The van der Waals surface area contributed by atoms with Crippen molar-refractivity contribution in [2.24, 2.45) is 0 Å². The average molecular weight is 373 g/mol. The van der Waals surface area contributed by atoms with E-state index in [1.165, 1.54) is 44.6 Å². The summed E-state index contributed by atoms with van der Waals surface area (Å²) in [5.41, 5.74) is 0.495. The molecule has 0 aliphatic heterocycles. The third-order valence-corrected chi connectivity index (χ3v) is 3.87. The van der Waals surface area contributed by atoms with Crippen molar-refractivity contribution in [3.05, 3.63) is 35.6 Å². The fraction of sp³-hybridized carbons (Fsp3) is 0.619. The van der Waals surface area contributed by atoms with Gasteiger partial charge >= 0.3 is 51.4 Å². The third-order valence-electron chi connectivity index (χ3n) is 3.87. The van der Waals surface area contributed by atoms with Crippen LogP contribution in [0, 0.1) is 17.7 Å². The molecule has 25 heavy (non-hydrogen) atoms. The summed E-state index contributed by atoms with van der Waals surface area (Å²) < 4.78 is 18.7. The summed E-state index contributed by atoms with van der Waals surface area (Å²) >= 11 is 0. The van der Waals surface area contributed by atoms with E-state index in [4.69, 9.17) is 4.74 Å². The zero-order valence-corrected chi connectivity index (χ0v) is 18.8. The first-order chi connectivity index (χ1) is 11.8. The monoisotopic (exact) mass is 372 g/mol. The maximum absolute atomic E-state index is 13.3. The van der Waals surface area contributed by atoms with Crippen LogP contribution < -0.4 is 56.5 Å². The van der Waals surface area contributed by atoms with E-state index < -0.39 is 0 Å². The Morgan fingerprint density at radius 3 is 2.12 bits per heavy atom. The van der Waals surface area contributed by atoms with Gasteiger partial charge in [-0.1, -0.05) is 62.5 Å². The Bertz CT molecular complexity index is 482. The molecular formula is C21H30FKO2. The van der Waals surface area contributed by atoms with Crippen molar-refractivity contribution >= 4 is 0 Å². The van der Waals surface area contributed by atoms with Gasteiger partial charge in [-0.25, -0.2) is 4.39 Å². The maximum Gasteiger partial charge on any atom is 1.00 e. The van der Waals surface area contributed by atoms with Crippen LogP contribution in [0.4, 0.5) is 4.39 Å². The zero-order valence-electron chi connectivity index (χ0n) is 15.7. The minimum absolute atomic E-state index is 0. The number of benzene rings is 1. The molecule has 0 spiro atoms. The smallest absolute Gasteiger partial charge is 0.854 e. The molecule has 0 saturated carbocycles. The predicted octanol–water partition coefficient (Wildman–Crippen LogP) is 1.46. The van der Waals surface area contributed by atoms with E-state index in [0.29, 0.717) is 18.6 Å². The van der Waals surface area contributed by atoms with Gasteiger partial charge in [0.25, 0.3) is 0 Å². The summed E-state index contributed by atoms with van der Waals surface area (Å²) in [6.45, 7) is 1.37. The van der Waals surface area contributed by atoms with Crippen molar-refractivity contribution < 1.29 is 65.6 Å². The molecule has 4 heteroatoms. The molecule has 0 aromatic heterocycles. The fourth-order valence-electron chi connectivity index (χ4n) is 2.46. The van der Waals surface area contributed by atoms with Crippen LogP contribution in [0.1, 0.15) is 69.8 Å². The van der Waals surface area contributed by atoms with Gasteiger partial charge in [0.15, 0.2) is 0 Å². The van der Waals surface area contributed by atoms with Crippen LogP contribution >= 0.6 is 0 Å². The first-order valence-electron chi connectivity index (χ1n) is 9.24. The van der Waals surface area contributed by atoms with Gasteiger partial charge in [-0.3, -0.25) is 0 Å². The molecule has 0 amide bonds. The molecule has 0 bridgehead atoms. The molecule has 0 N–H and O–H groups in total. The molecule has 1 rings (SSSR count). The molecule has 1 aromatic rings. The van der Waals surface area contributed by atoms with E-state index in [1.54, 1.807) is 12.1 Å². The standard InChI is InChI=1S/C21H30FO2.K/c22-21-16-11-10-15-20(21)14-9-7-5-3-1-2-4-6-8-12-18-24-19-13-17-23;/h10-11,15-16H,1-8,12-13,17-19H2;/q-1;+1. The van der Waals surface area contributed by atoms with E-state index in [0.717, 1.165) is 25.9 Å². The molecule has 0 saturated heterocycles. The summed E-state index contributed by atoms with van der Waals surface area (Å²) in [6.07, 6.45) is 11.1. The first-order valence-corrected chi connectivity index (χ1v) is 9.24. The molecule has 1 aromatic carbocycles. The summed E-state index contributed by atoms with van der Waals surface area (Å²) in [7, 11) is 0. The largest absolute Gasteiger partial charge is 1.00 e. The number of hydrogen-bond donors (Lipinski definition) is 0. The van der Waals surface area contributed by atoms with Gasteiger partial charge in [0.05, 0.1) is 5.56 Å². The zero-order chi connectivity index (χ0) is 17.3. The van der Waals surface area contributed by atoms with Crippen LogP contribution in [-0.2, 0) is 4.74 Å². The second-order valence-electron chi connectivity index (χ2n) is 6.03. The third kappa shape index (κ3) is 15.1. The minimum Gasteiger partial charge on any atom is -0.854 e. The molecule has 0 fully saturated rings. The second kappa shape index (κ2) is 19.0. The van der Waals surface area contributed by atoms with Crippen molar-refractivity contribution in [3.8, 4) is 11.8 Å². The number of hydrogen-bond acceptors (Lipinski definition) is 2. The summed E-state index contributed by atoms with van der Waals surface area (Å²) in [5.74, 6) is 5.73. The molecule has 134 valence electrons. The van der Waals surface area contributed by atoms with E-state index >= 15 is 0 Å². The van der Waals surface area contributed by atoms with Crippen LogP contribution in [-0.4, -0.2) is 19.8 Å². The van der Waals surface area contributed by atoms with Crippen LogP contribution in [0.5, 0.6) is 0 Å². The van der Waals surface area contributed by atoms with Gasteiger partial charge in [-0.05, 0) is 31.4 Å². The second-order valence-corrected chi connectivity index (χ2v) is 6.03. The SMILES string of the molecule is [K+].[O-]CCCOCCCCCCCCCCC#Cc1ccccc1F. The number of ether oxygens (including phenoxy) is 1. The molecule has 0 aliphatic carbocycles. The predicted molar refractivity (Wildman–Crippen MR) is 95.1 cm³/mol. The molecule has 0 radical (unpaired) electrons. The Kier molecular flexibility index (Phi) is 19.2. The van der Waals surface area contributed by atoms with Gasteiger partial charge < -0.3 is 9.84 Å². The number of unbranched alkanes of at least 4 members (excludes halogenated alkanes) is 8. The molecule has 0 heterocycles. The minimum atomic E-state index is -0.235. The quantitative estimate of drug-likeness (QED) is 0.298. The Morgan fingerprint density at radius 1 is 0.840 bits per heavy atom. The molecular weight excluding hydrogens is 342 g/mol. The molecule has 0 unspecified atom stereocenters. The van der Waals surface area contributed by atoms with Crippen LogP contribution in [0.25, 0.3) is 0 Å². The number of rotatable bonds is 13. The number of halogens is 1. The molecule has 0 atom stereocenters. The van der Waals surface area contributed by atoms with Crippen molar-refractivity contribution in [2.45, 2.75) is 64.2 Å². The summed E-state index contributed by atoms with van der Waals surface area (Å²) in [4.78, 5) is 0. The van der Waals surface area contributed by atoms with Crippen molar-refractivity contribution in [1.29, 1.82) is 0 Å². The maximum atomic E-state index is 13.3. The average Bonchev–Trinajstić information content (AvgIpc) is 2.60. The van der Waals surface area contributed by atoms with Crippen molar-refractivity contribution in [3.63, 3.8) is 0 Å². The van der Waals surface area contributed by atoms with Crippen LogP contribution in [0.2, 0.25) is 0 Å². The van der Waals surface area contributed by atoms with Gasteiger partial charge in [-0.15, -0.1) is 6.61 Å².